The first-order chi connectivity index (χ1) is 17.5. The number of hydrazine groups is 1. The fourth-order valence-corrected chi connectivity index (χ4v) is 6.17. The quantitative estimate of drug-likeness (QED) is 0.570. The zero-order chi connectivity index (χ0) is 24.8. The van der Waals surface area contributed by atoms with Gasteiger partial charge in [-0.25, -0.2) is 15.0 Å². The van der Waals surface area contributed by atoms with E-state index in [0.29, 0.717) is 34.7 Å². The number of carbonyl (C=O) groups excluding carboxylic acids is 3. The molecule has 1 aliphatic carbocycles. The molecule has 3 fully saturated rings. The standard InChI is InChI=1S/C26H28ClN5O4/c27-20-11-28-15-29-25(20)17-12-30(13-17)21-4-1-2-5-22(21)36-18-8-9-19-16(10-18)14-31(26(19)35)32-23(33)6-3-7-24(32)34/h8-11,15,17,21-22H,1-7,12-14H2/t21-,22-/m1/s1. The lowest BCUT2D eigenvalue weighted by Crippen LogP contribution is -2.57. The smallest absolute Gasteiger partial charge is 0.273 e. The van der Waals surface area contributed by atoms with Gasteiger partial charge in [0.1, 0.15) is 18.2 Å². The fourth-order valence-electron chi connectivity index (χ4n) is 5.91. The lowest BCUT2D eigenvalue weighted by molar-refractivity contribution is -0.163. The highest BCUT2D eigenvalue weighted by atomic mass is 35.5. The van der Waals surface area contributed by atoms with Crippen LogP contribution in [0.3, 0.4) is 0 Å². The summed E-state index contributed by atoms with van der Waals surface area (Å²) in [6.45, 7) is 1.99. The zero-order valence-electron chi connectivity index (χ0n) is 19.9. The highest BCUT2D eigenvalue weighted by Crippen LogP contribution is 2.37. The molecule has 0 unspecified atom stereocenters. The van der Waals surface area contributed by atoms with Crippen LogP contribution in [-0.4, -0.2) is 67.8 Å². The van der Waals surface area contributed by atoms with Gasteiger partial charge in [-0.05, 0) is 49.4 Å². The van der Waals surface area contributed by atoms with Gasteiger partial charge >= 0.3 is 0 Å². The number of benzene rings is 1. The van der Waals surface area contributed by atoms with Gasteiger partial charge in [0, 0.05) is 49.7 Å². The second-order valence-corrected chi connectivity index (χ2v) is 10.5. The van der Waals surface area contributed by atoms with Crippen molar-refractivity contribution >= 4 is 29.3 Å². The van der Waals surface area contributed by atoms with E-state index in [2.05, 4.69) is 14.9 Å². The number of amides is 3. The van der Waals surface area contributed by atoms with Crippen LogP contribution in [-0.2, 0) is 16.1 Å². The van der Waals surface area contributed by atoms with Crippen LogP contribution >= 0.6 is 11.6 Å². The number of imide groups is 1. The second-order valence-electron chi connectivity index (χ2n) is 10.0. The van der Waals surface area contributed by atoms with E-state index in [1.54, 1.807) is 18.6 Å². The number of ether oxygens (including phenoxy) is 1. The van der Waals surface area contributed by atoms with Crippen molar-refractivity contribution in [3.8, 4) is 5.75 Å². The van der Waals surface area contributed by atoms with Gasteiger partial charge in [0.25, 0.3) is 5.91 Å². The summed E-state index contributed by atoms with van der Waals surface area (Å²) in [5.74, 6) is 0.0774. The first-order valence-corrected chi connectivity index (χ1v) is 13.0. The molecule has 3 aliphatic heterocycles. The Morgan fingerprint density at radius 1 is 1.00 bits per heavy atom. The molecule has 0 N–H and O–H groups in total. The molecule has 1 aromatic heterocycles. The molecule has 2 aromatic rings. The Morgan fingerprint density at radius 3 is 2.56 bits per heavy atom. The molecule has 3 amide bonds. The first-order valence-electron chi connectivity index (χ1n) is 12.7. The lowest BCUT2D eigenvalue weighted by atomic mass is 9.85. The molecule has 36 heavy (non-hydrogen) atoms. The molecule has 0 spiro atoms. The molecule has 2 atom stereocenters. The van der Waals surface area contributed by atoms with Gasteiger partial charge in [-0.1, -0.05) is 18.0 Å². The average Bonchev–Trinajstić information content (AvgIpc) is 3.15. The Labute approximate surface area is 214 Å². The number of piperidine rings is 1. The molecule has 1 aromatic carbocycles. The maximum Gasteiger partial charge on any atom is 0.273 e. The maximum absolute atomic E-state index is 13.0. The van der Waals surface area contributed by atoms with Crippen LogP contribution in [0.15, 0.2) is 30.7 Å². The van der Waals surface area contributed by atoms with Gasteiger partial charge in [0.05, 0.1) is 17.3 Å². The molecule has 4 heterocycles. The number of nitrogens with zero attached hydrogens (tertiary/aromatic N) is 5. The Balaban J connectivity index is 1.14. The monoisotopic (exact) mass is 509 g/mol. The number of aromatic nitrogens is 2. The molecular formula is C26H28ClN5O4. The van der Waals surface area contributed by atoms with Crippen molar-refractivity contribution in [1.29, 1.82) is 0 Å². The average molecular weight is 510 g/mol. The van der Waals surface area contributed by atoms with E-state index >= 15 is 0 Å². The number of fused-ring (bicyclic) bond motifs is 1. The summed E-state index contributed by atoms with van der Waals surface area (Å²) in [5.41, 5.74) is 2.20. The number of halogens is 1. The van der Waals surface area contributed by atoms with Crippen molar-refractivity contribution < 1.29 is 19.1 Å². The predicted molar refractivity (Wildman–Crippen MR) is 130 cm³/mol. The molecule has 188 valence electrons. The topological polar surface area (TPSA) is 95.9 Å². The maximum atomic E-state index is 13.0. The van der Waals surface area contributed by atoms with Crippen molar-refractivity contribution in [2.45, 2.75) is 69.6 Å². The molecular weight excluding hydrogens is 482 g/mol. The first kappa shape index (κ1) is 23.4. The molecule has 10 heteroatoms. The predicted octanol–water partition coefficient (Wildman–Crippen LogP) is 3.33. The van der Waals surface area contributed by atoms with Gasteiger partial charge in [-0.15, -0.1) is 0 Å². The second kappa shape index (κ2) is 9.44. The van der Waals surface area contributed by atoms with Gasteiger partial charge in [-0.2, -0.15) is 5.01 Å². The number of rotatable bonds is 5. The lowest BCUT2D eigenvalue weighted by Gasteiger charge is -2.48. The Kier molecular flexibility index (Phi) is 6.13. The largest absolute Gasteiger partial charge is 0.489 e. The normalized spacial score (nSPS) is 25.2. The van der Waals surface area contributed by atoms with Crippen LogP contribution in [0.2, 0.25) is 5.02 Å². The molecule has 0 radical (unpaired) electrons. The SMILES string of the molecule is O=C1c2ccc(O[C@@H]3CCCC[C@H]3N3CC(c4ncncc4Cl)C3)cc2CN1N1C(=O)CCCC1=O. The van der Waals surface area contributed by atoms with E-state index in [1.165, 1.54) is 11.4 Å². The number of hydrogen-bond donors (Lipinski definition) is 0. The van der Waals surface area contributed by atoms with E-state index in [1.807, 2.05) is 12.1 Å². The van der Waals surface area contributed by atoms with Crippen molar-refractivity contribution in [2.24, 2.45) is 0 Å². The summed E-state index contributed by atoms with van der Waals surface area (Å²) < 4.78 is 6.50. The fraction of sp³-hybridized carbons (Fsp3) is 0.500. The van der Waals surface area contributed by atoms with Crippen molar-refractivity contribution in [2.75, 3.05) is 13.1 Å². The van der Waals surface area contributed by atoms with Crippen LogP contribution in [0.4, 0.5) is 0 Å². The minimum absolute atomic E-state index is 0.0529. The third-order valence-corrected chi connectivity index (χ3v) is 8.06. The Morgan fingerprint density at radius 2 is 1.78 bits per heavy atom. The van der Waals surface area contributed by atoms with Crippen LogP contribution in [0, 0.1) is 0 Å². The highest BCUT2D eigenvalue weighted by Gasteiger charge is 2.41. The van der Waals surface area contributed by atoms with Crippen molar-refractivity contribution in [3.05, 3.63) is 52.6 Å². The molecule has 2 saturated heterocycles. The highest BCUT2D eigenvalue weighted by molar-refractivity contribution is 6.31. The molecule has 0 bridgehead atoms. The van der Waals surface area contributed by atoms with E-state index < -0.39 is 0 Å². The minimum Gasteiger partial charge on any atom is -0.489 e. The van der Waals surface area contributed by atoms with Gasteiger partial charge in [-0.3, -0.25) is 19.3 Å². The van der Waals surface area contributed by atoms with Gasteiger partial charge in [0.15, 0.2) is 0 Å². The summed E-state index contributed by atoms with van der Waals surface area (Å²) >= 11 is 6.30. The number of hydrogen-bond acceptors (Lipinski definition) is 7. The van der Waals surface area contributed by atoms with E-state index in [-0.39, 0.29) is 43.2 Å². The summed E-state index contributed by atoms with van der Waals surface area (Å²) in [7, 11) is 0. The Bertz CT molecular complexity index is 1200. The Hall–Kier alpha value is -3.04. The summed E-state index contributed by atoms with van der Waals surface area (Å²) in [6, 6.07) is 5.77. The number of carbonyl (C=O) groups is 3. The van der Waals surface area contributed by atoms with E-state index in [9.17, 15) is 14.4 Å². The van der Waals surface area contributed by atoms with Crippen LogP contribution in [0.25, 0.3) is 0 Å². The third-order valence-electron chi connectivity index (χ3n) is 7.77. The zero-order valence-corrected chi connectivity index (χ0v) is 20.7. The molecule has 4 aliphatic rings. The van der Waals surface area contributed by atoms with E-state index in [0.717, 1.165) is 48.6 Å². The van der Waals surface area contributed by atoms with Gasteiger partial charge < -0.3 is 4.74 Å². The van der Waals surface area contributed by atoms with Gasteiger partial charge in [0.2, 0.25) is 11.8 Å². The third kappa shape index (κ3) is 4.14. The summed E-state index contributed by atoms with van der Waals surface area (Å²) in [6.07, 6.45) is 8.68. The van der Waals surface area contributed by atoms with E-state index in [4.69, 9.17) is 16.3 Å². The molecule has 9 nitrogen and oxygen atoms in total. The molecule has 6 rings (SSSR count). The van der Waals surface area contributed by atoms with Crippen LogP contribution < -0.4 is 4.74 Å². The summed E-state index contributed by atoms with van der Waals surface area (Å²) in [4.78, 5) is 48.5. The number of likely N-dealkylation sites (tertiary alicyclic amines) is 1. The summed E-state index contributed by atoms with van der Waals surface area (Å²) in [5, 5.41) is 2.93. The van der Waals surface area contributed by atoms with Crippen LogP contribution in [0.5, 0.6) is 5.75 Å². The van der Waals surface area contributed by atoms with Crippen molar-refractivity contribution in [1.82, 2.24) is 24.9 Å². The van der Waals surface area contributed by atoms with Crippen molar-refractivity contribution in [3.63, 3.8) is 0 Å². The van der Waals surface area contributed by atoms with Crippen LogP contribution in [0.1, 0.15) is 72.5 Å². The molecule has 1 saturated carbocycles. The minimum atomic E-state index is -0.315.